The second-order valence-corrected chi connectivity index (χ2v) is 7.54. The summed E-state index contributed by atoms with van der Waals surface area (Å²) in [5.74, 6) is 1.15. The number of imidazole rings is 1. The molecule has 0 atom stereocenters. The van der Waals surface area contributed by atoms with Gasteiger partial charge in [0.1, 0.15) is 5.82 Å². The average Bonchev–Trinajstić information content (AvgIpc) is 3.04. The molecule has 0 aliphatic heterocycles. The molecular weight excluding hydrogens is 350 g/mol. The van der Waals surface area contributed by atoms with E-state index in [2.05, 4.69) is 68.2 Å². The Hall–Kier alpha value is -1.13. The molecule has 1 aromatic carbocycles. The molecule has 124 valence electrons. The molecule has 1 aromatic heterocycles. The second kappa shape index (κ2) is 7.63. The van der Waals surface area contributed by atoms with Crippen LogP contribution in [-0.2, 0) is 19.5 Å². The van der Waals surface area contributed by atoms with Crippen molar-refractivity contribution < 1.29 is 0 Å². The molecule has 4 heteroatoms. The zero-order valence-corrected chi connectivity index (χ0v) is 15.5. The van der Waals surface area contributed by atoms with Gasteiger partial charge in [-0.05, 0) is 43.9 Å². The van der Waals surface area contributed by atoms with Crippen LogP contribution in [0.1, 0.15) is 50.4 Å². The van der Waals surface area contributed by atoms with Crippen LogP contribution in [-0.4, -0.2) is 15.1 Å². The summed E-state index contributed by atoms with van der Waals surface area (Å²) in [7, 11) is 0. The lowest BCUT2D eigenvalue weighted by atomic mass is 9.77. The molecule has 1 saturated carbocycles. The highest BCUT2D eigenvalue weighted by Crippen LogP contribution is 2.32. The Labute approximate surface area is 147 Å². The van der Waals surface area contributed by atoms with Crippen LogP contribution in [0.15, 0.2) is 41.1 Å². The van der Waals surface area contributed by atoms with Gasteiger partial charge >= 0.3 is 0 Å². The zero-order valence-electron chi connectivity index (χ0n) is 13.9. The molecule has 1 aliphatic carbocycles. The van der Waals surface area contributed by atoms with Gasteiger partial charge in [-0.3, -0.25) is 0 Å². The van der Waals surface area contributed by atoms with E-state index in [-0.39, 0.29) is 5.54 Å². The Morgan fingerprint density at radius 2 is 1.91 bits per heavy atom. The minimum absolute atomic E-state index is 0.219. The van der Waals surface area contributed by atoms with Gasteiger partial charge in [-0.1, -0.05) is 47.3 Å². The van der Waals surface area contributed by atoms with Crippen LogP contribution in [0.3, 0.4) is 0 Å². The number of aromatic nitrogens is 2. The van der Waals surface area contributed by atoms with Crippen molar-refractivity contribution >= 4 is 15.9 Å². The zero-order chi connectivity index (χ0) is 16.1. The second-order valence-electron chi connectivity index (χ2n) is 6.63. The van der Waals surface area contributed by atoms with Gasteiger partial charge in [-0.25, -0.2) is 4.98 Å². The molecular formula is C19H26BrN3. The van der Waals surface area contributed by atoms with E-state index in [0.717, 1.165) is 29.8 Å². The fourth-order valence-electron chi connectivity index (χ4n) is 3.70. The lowest BCUT2D eigenvalue weighted by Gasteiger charge is -2.38. The number of hydrogen-bond acceptors (Lipinski definition) is 2. The third-order valence-electron chi connectivity index (χ3n) is 5.03. The van der Waals surface area contributed by atoms with Crippen LogP contribution in [0.2, 0.25) is 0 Å². The van der Waals surface area contributed by atoms with Crippen molar-refractivity contribution in [1.82, 2.24) is 14.9 Å². The van der Waals surface area contributed by atoms with Gasteiger partial charge in [0.2, 0.25) is 0 Å². The largest absolute Gasteiger partial charge is 0.334 e. The molecule has 1 N–H and O–H groups in total. The summed E-state index contributed by atoms with van der Waals surface area (Å²) in [6.45, 7) is 4.01. The predicted octanol–water partition coefficient (Wildman–Crippen LogP) is 4.70. The monoisotopic (exact) mass is 375 g/mol. The number of aryl methyl sites for hydroxylation is 1. The van der Waals surface area contributed by atoms with Crippen molar-refractivity contribution in [3.63, 3.8) is 0 Å². The number of rotatable bonds is 6. The van der Waals surface area contributed by atoms with Crippen LogP contribution in [0.25, 0.3) is 0 Å². The van der Waals surface area contributed by atoms with E-state index in [1.807, 2.05) is 6.20 Å². The van der Waals surface area contributed by atoms with Crippen molar-refractivity contribution in [2.45, 2.75) is 64.1 Å². The standard InChI is InChI=1S/C19H26BrN3/c1-2-23-13-12-21-18(23)15-22-19(10-4-3-5-11-19)14-16-6-8-17(20)9-7-16/h6-9,12-13,22H,2-5,10-11,14-15H2,1H3. The van der Waals surface area contributed by atoms with Crippen molar-refractivity contribution in [1.29, 1.82) is 0 Å². The molecule has 0 bridgehead atoms. The number of halogens is 1. The number of nitrogens with one attached hydrogen (secondary N) is 1. The third kappa shape index (κ3) is 4.24. The summed E-state index contributed by atoms with van der Waals surface area (Å²) < 4.78 is 3.38. The lowest BCUT2D eigenvalue weighted by molar-refractivity contribution is 0.224. The summed E-state index contributed by atoms with van der Waals surface area (Å²) in [5.41, 5.74) is 1.64. The number of benzene rings is 1. The highest BCUT2D eigenvalue weighted by atomic mass is 79.9. The van der Waals surface area contributed by atoms with Gasteiger partial charge in [0.15, 0.2) is 0 Å². The Kier molecular flexibility index (Phi) is 5.54. The molecule has 3 nitrogen and oxygen atoms in total. The molecule has 0 saturated heterocycles. The minimum Gasteiger partial charge on any atom is -0.334 e. The molecule has 0 spiro atoms. The lowest BCUT2D eigenvalue weighted by Crippen LogP contribution is -2.48. The van der Waals surface area contributed by atoms with Crippen LogP contribution in [0.4, 0.5) is 0 Å². The first-order chi connectivity index (χ1) is 11.2. The molecule has 23 heavy (non-hydrogen) atoms. The van der Waals surface area contributed by atoms with E-state index in [4.69, 9.17) is 0 Å². The van der Waals surface area contributed by atoms with Crippen molar-refractivity contribution in [2.24, 2.45) is 0 Å². The highest BCUT2D eigenvalue weighted by molar-refractivity contribution is 9.10. The number of hydrogen-bond donors (Lipinski definition) is 1. The molecule has 0 unspecified atom stereocenters. The summed E-state index contributed by atoms with van der Waals surface area (Å²) in [6.07, 6.45) is 11.6. The van der Waals surface area contributed by atoms with Gasteiger partial charge in [-0.15, -0.1) is 0 Å². The van der Waals surface area contributed by atoms with Crippen molar-refractivity contribution in [2.75, 3.05) is 0 Å². The fraction of sp³-hybridized carbons (Fsp3) is 0.526. The van der Waals surface area contributed by atoms with Crippen molar-refractivity contribution in [3.05, 3.63) is 52.5 Å². The molecule has 1 fully saturated rings. The van der Waals surface area contributed by atoms with Crippen LogP contribution in [0, 0.1) is 0 Å². The van der Waals surface area contributed by atoms with Gasteiger partial charge in [0.05, 0.1) is 6.54 Å². The maximum Gasteiger partial charge on any atom is 0.122 e. The first-order valence-electron chi connectivity index (χ1n) is 8.70. The van der Waals surface area contributed by atoms with Crippen LogP contribution >= 0.6 is 15.9 Å². The van der Waals surface area contributed by atoms with Gasteiger partial charge in [0, 0.05) is 29.0 Å². The number of nitrogens with zero attached hydrogens (tertiary/aromatic N) is 2. The van der Waals surface area contributed by atoms with Crippen LogP contribution < -0.4 is 5.32 Å². The molecule has 0 amide bonds. The van der Waals surface area contributed by atoms with Gasteiger partial charge in [0.25, 0.3) is 0 Å². The van der Waals surface area contributed by atoms with E-state index < -0.39 is 0 Å². The summed E-state index contributed by atoms with van der Waals surface area (Å²) in [6, 6.07) is 8.79. The first-order valence-corrected chi connectivity index (χ1v) is 9.49. The SMILES string of the molecule is CCn1ccnc1CNC1(Cc2ccc(Br)cc2)CCCCC1. The minimum atomic E-state index is 0.219. The van der Waals surface area contributed by atoms with E-state index in [0.29, 0.717) is 0 Å². The Bertz CT molecular complexity index is 612. The van der Waals surface area contributed by atoms with E-state index in [9.17, 15) is 0 Å². The Morgan fingerprint density at radius 1 is 1.17 bits per heavy atom. The quantitative estimate of drug-likeness (QED) is 0.792. The molecule has 2 aromatic rings. The average molecular weight is 376 g/mol. The first kappa shape index (κ1) is 16.7. The normalized spacial score (nSPS) is 17.3. The van der Waals surface area contributed by atoms with E-state index >= 15 is 0 Å². The third-order valence-corrected chi connectivity index (χ3v) is 5.56. The maximum absolute atomic E-state index is 4.52. The van der Waals surface area contributed by atoms with E-state index in [1.54, 1.807) is 0 Å². The van der Waals surface area contributed by atoms with E-state index in [1.165, 1.54) is 37.7 Å². The van der Waals surface area contributed by atoms with Gasteiger partial charge < -0.3 is 9.88 Å². The molecule has 3 rings (SSSR count). The highest BCUT2D eigenvalue weighted by Gasteiger charge is 2.31. The maximum atomic E-state index is 4.52. The predicted molar refractivity (Wildman–Crippen MR) is 98.4 cm³/mol. The smallest absolute Gasteiger partial charge is 0.122 e. The topological polar surface area (TPSA) is 29.9 Å². The molecule has 1 heterocycles. The van der Waals surface area contributed by atoms with Crippen molar-refractivity contribution in [3.8, 4) is 0 Å². The molecule has 1 aliphatic rings. The summed E-state index contributed by atoms with van der Waals surface area (Å²) in [5, 5.41) is 3.88. The summed E-state index contributed by atoms with van der Waals surface area (Å²) >= 11 is 3.53. The van der Waals surface area contributed by atoms with Crippen LogP contribution in [0.5, 0.6) is 0 Å². The molecule has 0 radical (unpaired) electrons. The summed E-state index contributed by atoms with van der Waals surface area (Å²) in [4.78, 5) is 4.52. The Balaban J connectivity index is 1.72. The Morgan fingerprint density at radius 3 is 2.61 bits per heavy atom. The van der Waals surface area contributed by atoms with Gasteiger partial charge in [-0.2, -0.15) is 0 Å². The fourth-order valence-corrected chi connectivity index (χ4v) is 3.96.